The summed E-state index contributed by atoms with van der Waals surface area (Å²) in [6, 6.07) is 16.0. The van der Waals surface area contributed by atoms with Gasteiger partial charge in [0, 0.05) is 0 Å². The molecular formula is C13H11IO. The van der Waals surface area contributed by atoms with Crippen molar-refractivity contribution in [3.05, 3.63) is 57.7 Å². The molecule has 2 heteroatoms. The molecule has 1 nitrogen and oxygen atoms in total. The smallest absolute Gasteiger partial charge is 0.140 e. The minimum atomic E-state index is 0.874. The third-order valence-corrected chi connectivity index (χ3v) is 2.90. The summed E-state index contributed by atoms with van der Waals surface area (Å²) in [6.07, 6.45) is 0. The summed E-state index contributed by atoms with van der Waals surface area (Å²) < 4.78 is 6.89. The first-order valence-electron chi connectivity index (χ1n) is 4.75. The maximum absolute atomic E-state index is 5.76. The van der Waals surface area contributed by atoms with Crippen LogP contribution in [-0.2, 0) is 0 Å². The summed E-state index contributed by atoms with van der Waals surface area (Å²) >= 11 is 2.29. The lowest BCUT2D eigenvalue weighted by molar-refractivity contribution is 0.479. The van der Waals surface area contributed by atoms with Crippen LogP contribution in [0.1, 0.15) is 5.56 Å². The molecule has 0 unspecified atom stereocenters. The molecule has 0 bridgehead atoms. The molecular weight excluding hydrogens is 299 g/mol. The van der Waals surface area contributed by atoms with E-state index in [1.807, 2.05) is 36.4 Å². The van der Waals surface area contributed by atoms with E-state index in [-0.39, 0.29) is 0 Å². The van der Waals surface area contributed by atoms with Crippen molar-refractivity contribution in [2.75, 3.05) is 0 Å². The predicted molar refractivity (Wildman–Crippen MR) is 70.4 cm³/mol. The molecule has 0 aliphatic heterocycles. The standard InChI is InChI=1S/C13H11IO/c1-10-7-8-13(12(14)9-10)15-11-5-3-2-4-6-11/h2-9H,1H3. The Morgan fingerprint density at radius 3 is 2.40 bits per heavy atom. The summed E-state index contributed by atoms with van der Waals surface area (Å²) in [6.45, 7) is 2.08. The molecule has 2 aromatic rings. The number of benzene rings is 2. The molecule has 0 saturated carbocycles. The van der Waals surface area contributed by atoms with Crippen molar-refractivity contribution in [2.24, 2.45) is 0 Å². The number of aryl methyl sites for hydroxylation is 1. The summed E-state index contributed by atoms with van der Waals surface area (Å²) in [5, 5.41) is 0. The quantitative estimate of drug-likeness (QED) is 0.748. The van der Waals surface area contributed by atoms with Crippen molar-refractivity contribution in [1.82, 2.24) is 0 Å². The Labute approximate surface area is 103 Å². The minimum Gasteiger partial charge on any atom is -0.456 e. The lowest BCUT2D eigenvalue weighted by Crippen LogP contribution is -1.87. The highest BCUT2D eigenvalue weighted by atomic mass is 127. The first kappa shape index (κ1) is 10.5. The maximum atomic E-state index is 5.76. The lowest BCUT2D eigenvalue weighted by Gasteiger charge is -2.07. The number of para-hydroxylation sites is 1. The van der Waals surface area contributed by atoms with E-state index in [0.717, 1.165) is 15.1 Å². The van der Waals surface area contributed by atoms with Crippen molar-refractivity contribution >= 4 is 22.6 Å². The zero-order valence-electron chi connectivity index (χ0n) is 8.41. The van der Waals surface area contributed by atoms with Gasteiger partial charge in [-0.15, -0.1) is 0 Å². The minimum absolute atomic E-state index is 0.874. The van der Waals surface area contributed by atoms with E-state index in [4.69, 9.17) is 4.74 Å². The van der Waals surface area contributed by atoms with Crippen molar-refractivity contribution < 1.29 is 4.74 Å². The summed E-state index contributed by atoms with van der Waals surface area (Å²) in [5.41, 5.74) is 1.25. The van der Waals surface area contributed by atoms with Gasteiger partial charge in [-0.1, -0.05) is 24.3 Å². The van der Waals surface area contributed by atoms with Crippen LogP contribution >= 0.6 is 22.6 Å². The summed E-state index contributed by atoms with van der Waals surface area (Å²) in [5.74, 6) is 1.78. The van der Waals surface area contributed by atoms with Gasteiger partial charge in [0.25, 0.3) is 0 Å². The maximum Gasteiger partial charge on any atom is 0.140 e. The van der Waals surface area contributed by atoms with Crippen LogP contribution in [0.3, 0.4) is 0 Å². The van der Waals surface area contributed by atoms with E-state index in [9.17, 15) is 0 Å². The first-order valence-corrected chi connectivity index (χ1v) is 5.82. The molecule has 15 heavy (non-hydrogen) atoms. The van der Waals surface area contributed by atoms with Crippen molar-refractivity contribution in [2.45, 2.75) is 6.92 Å². The van der Waals surface area contributed by atoms with Gasteiger partial charge >= 0.3 is 0 Å². The van der Waals surface area contributed by atoms with Gasteiger partial charge in [0.05, 0.1) is 3.57 Å². The van der Waals surface area contributed by atoms with Crippen LogP contribution < -0.4 is 4.74 Å². The molecule has 2 rings (SSSR count). The van der Waals surface area contributed by atoms with E-state index >= 15 is 0 Å². The highest BCUT2D eigenvalue weighted by Gasteiger charge is 2.01. The van der Waals surface area contributed by atoms with E-state index in [2.05, 4.69) is 41.6 Å². The van der Waals surface area contributed by atoms with Crippen LogP contribution in [0.5, 0.6) is 11.5 Å². The molecule has 0 saturated heterocycles. The van der Waals surface area contributed by atoms with Crippen molar-refractivity contribution in [3.63, 3.8) is 0 Å². The molecule has 0 amide bonds. The van der Waals surface area contributed by atoms with Crippen molar-refractivity contribution in [1.29, 1.82) is 0 Å². The lowest BCUT2D eigenvalue weighted by atomic mass is 10.2. The number of hydrogen-bond donors (Lipinski definition) is 0. The Morgan fingerprint density at radius 2 is 1.73 bits per heavy atom. The first-order chi connectivity index (χ1) is 7.25. The molecule has 0 heterocycles. The second-order valence-corrected chi connectivity index (χ2v) is 4.51. The highest BCUT2D eigenvalue weighted by Crippen LogP contribution is 2.26. The van der Waals surface area contributed by atoms with Gasteiger partial charge < -0.3 is 4.74 Å². The Balaban J connectivity index is 2.25. The normalized spacial score (nSPS) is 10.0. The molecule has 0 aliphatic rings. The Kier molecular flexibility index (Phi) is 3.26. The summed E-state index contributed by atoms with van der Waals surface area (Å²) in [4.78, 5) is 0. The molecule has 0 aliphatic carbocycles. The second kappa shape index (κ2) is 4.66. The molecule has 0 atom stereocenters. The zero-order chi connectivity index (χ0) is 10.7. The van der Waals surface area contributed by atoms with Gasteiger partial charge in [-0.05, 0) is 59.3 Å². The third kappa shape index (κ3) is 2.72. The van der Waals surface area contributed by atoms with Gasteiger partial charge in [-0.25, -0.2) is 0 Å². The zero-order valence-corrected chi connectivity index (χ0v) is 10.6. The topological polar surface area (TPSA) is 9.23 Å². The van der Waals surface area contributed by atoms with Crippen LogP contribution in [0.25, 0.3) is 0 Å². The average Bonchev–Trinajstić information content (AvgIpc) is 2.24. The molecule has 0 radical (unpaired) electrons. The van der Waals surface area contributed by atoms with Gasteiger partial charge in [0.2, 0.25) is 0 Å². The fourth-order valence-electron chi connectivity index (χ4n) is 1.30. The Morgan fingerprint density at radius 1 is 1.00 bits per heavy atom. The largest absolute Gasteiger partial charge is 0.456 e. The van der Waals surface area contributed by atoms with E-state index < -0.39 is 0 Å². The van der Waals surface area contributed by atoms with E-state index in [0.29, 0.717) is 0 Å². The molecule has 0 aromatic heterocycles. The fourth-order valence-corrected chi connectivity index (χ4v) is 2.09. The Hall–Kier alpha value is -1.03. The van der Waals surface area contributed by atoms with Gasteiger partial charge in [0.15, 0.2) is 0 Å². The number of hydrogen-bond acceptors (Lipinski definition) is 1. The molecule has 0 N–H and O–H groups in total. The van der Waals surface area contributed by atoms with Gasteiger partial charge in [-0.2, -0.15) is 0 Å². The molecule has 0 fully saturated rings. The van der Waals surface area contributed by atoms with Crippen LogP contribution in [0.2, 0.25) is 0 Å². The van der Waals surface area contributed by atoms with Crippen LogP contribution in [0.4, 0.5) is 0 Å². The van der Waals surface area contributed by atoms with Crippen LogP contribution in [0, 0.1) is 10.5 Å². The van der Waals surface area contributed by atoms with Gasteiger partial charge in [0.1, 0.15) is 11.5 Å². The third-order valence-electron chi connectivity index (χ3n) is 2.06. The summed E-state index contributed by atoms with van der Waals surface area (Å²) in [7, 11) is 0. The highest BCUT2D eigenvalue weighted by molar-refractivity contribution is 14.1. The van der Waals surface area contributed by atoms with Crippen molar-refractivity contribution in [3.8, 4) is 11.5 Å². The van der Waals surface area contributed by atoms with E-state index in [1.54, 1.807) is 0 Å². The van der Waals surface area contributed by atoms with Crippen LogP contribution in [-0.4, -0.2) is 0 Å². The molecule has 76 valence electrons. The van der Waals surface area contributed by atoms with Gasteiger partial charge in [-0.3, -0.25) is 0 Å². The average molecular weight is 310 g/mol. The molecule has 2 aromatic carbocycles. The van der Waals surface area contributed by atoms with Crippen LogP contribution in [0.15, 0.2) is 48.5 Å². The SMILES string of the molecule is Cc1ccc(Oc2ccccc2)c(I)c1. The Bertz CT molecular complexity index is 451. The predicted octanol–water partition coefficient (Wildman–Crippen LogP) is 4.39. The molecule has 0 spiro atoms. The monoisotopic (exact) mass is 310 g/mol. The number of rotatable bonds is 2. The number of halogens is 1. The fraction of sp³-hybridized carbons (Fsp3) is 0.0769. The number of ether oxygens (including phenoxy) is 1. The second-order valence-electron chi connectivity index (χ2n) is 3.35. The van der Waals surface area contributed by atoms with E-state index in [1.165, 1.54) is 5.56 Å².